The molecule has 8 nitrogen and oxygen atoms in total. The number of Topliss-reactive ketones (excluding diaryl/α,β-unsaturated/α-hetero) is 1. The van der Waals surface area contributed by atoms with Crippen LogP contribution in [0.1, 0.15) is 33.8 Å². The van der Waals surface area contributed by atoms with Crippen molar-refractivity contribution in [3.05, 3.63) is 53.1 Å². The third kappa shape index (κ3) is 3.90. The largest absolute Gasteiger partial charge is 0.497 e. The van der Waals surface area contributed by atoms with E-state index in [0.717, 1.165) is 17.4 Å². The normalized spacial score (nSPS) is 19.5. The SMILES string of the molecule is COc1cc(OC)c2c(c1)C(=O)CC2c1ccc(N2CCN(S(C)(=O)=O)CC2=O)cc1. The fraction of sp³-hybridized carbons (Fsp3) is 0.364. The lowest BCUT2D eigenvalue weighted by Gasteiger charge is -2.33. The van der Waals surface area contributed by atoms with Gasteiger partial charge in [0.1, 0.15) is 11.5 Å². The quantitative estimate of drug-likeness (QED) is 0.701. The van der Waals surface area contributed by atoms with Gasteiger partial charge < -0.3 is 14.4 Å². The van der Waals surface area contributed by atoms with Gasteiger partial charge in [-0.05, 0) is 23.8 Å². The Balaban J connectivity index is 1.60. The second kappa shape index (κ2) is 7.97. The van der Waals surface area contributed by atoms with Crippen LogP contribution in [0.2, 0.25) is 0 Å². The molecule has 2 aromatic rings. The molecule has 1 aliphatic heterocycles. The van der Waals surface area contributed by atoms with E-state index in [1.54, 1.807) is 31.3 Å². The molecule has 0 bridgehead atoms. The molecule has 2 aliphatic rings. The summed E-state index contributed by atoms with van der Waals surface area (Å²) in [5, 5.41) is 0. The predicted molar refractivity (Wildman–Crippen MR) is 116 cm³/mol. The van der Waals surface area contributed by atoms with Crippen LogP contribution in [0.3, 0.4) is 0 Å². The van der Waals surface area contributed by atoms with E-state index in [2.05, 4.69) is 0 Å². The third-order valence-corrected chi connectivity index (χ3v) is 7.12. The summed E-state index contributed by atoms with van der Waals surface area (Å²) in [5.74, 6) is 0.816. The molecule has 4 rings (SSSR count). The first-order valence-corrected chi connectivity index (χ1v) is 11.7. The summed E-state index contributed by atoms with van der Waals surface area (Å²) in [5.41, 5.74) is 3.10. The smallest absolute Gasteiger partial charge is 0.242 e. The van der Waals surface area contributed by atoms with Crippen molar-refractivity contribution in [2.24, 2.45) is 0 Å². The summed E-state index contributed by atoms with van der Waals surface area (Å²) >= 11 is 0. The van der Waals surface area contributed by atoms with E-state index in [0.29, 0.717) is 35.7 Å². The van der Waals surface area contributed by atoms with Gasteiger partial charge in [-0.1, -0.05) is 12.1 Å². The number of amides is 1. The number of sulfonamides is 1. The molecule has 0 saturated carbocycles. The Morgan fingerprint density at radius 3 is 2.29 bits per heavy atom. The molecule has 9 heteroatoms. The summed E-state index contributed by atoms with van der Waals surface area (Å²) in [7, 11) is -0.276. The van der Waals surface area contributed by atoms with Crippen LogP contribution in [-0.4, -0.2) is 64.5 Å². The number of anilines is 1. The minimum absolute atomic E-state index is 0.0355. The van der Waals surface area contributed by atoms with Gasteiger partial charge in [-0.3, -0.25) is 9.59 Å². The van der Waals surface area contributed by atoms with Crippen molar-refractivity contribution in [1.82, 2.24) is 4.31 Å². The standard InChI is InChI=1S/C22H24N2O6S/c1-29-16-10-18-19(25)12-17(22(18)20(11-16)30-2)14-4-6-15(7-5-14)24-9-8-23(13-21(24)26)31(3,27)28/h4-7,10-11,17H,8-9,12-13H2,1-3H3. The van der Waals surface area contributed by atoms with E-state index >= 15 is 0 Å². The van der Waals surface area contributed by atoms with E-state index < -0.39 is 10.0 Å². The zero-order valence-corrected chi connectivity index (χ0v) is 18.4. The van der Waals surface area contributed by atoms with E-state index in [4.69, 9.17) is 9.47 Å². The number of hydrogen-bond donors (Lipinski definition) is 0. The number of fused-ring (bicyclic) bond motifs is 1. The molecular weight excluding hydrogens is 420 g/mol. The number of carbonyl (C=O) groups excluding carboxylic acids is 2. The topological polar surface area (TPSA) is 93.2 Å². The Labute approximate surface area is 181 Å². The van der Waals surface area contributed by atoms with Gasteiger partial charge in [0.05, 0.1) is 27.0 Å². The van der Waals surface area contributed by atoms with Crippen LogP contribution in [0.4, 0.5) is 5.69 Å². The molecule has 1 aliphatic carbocycles. The number of hydrogen-bond acceptors (Lipinski definition) is 6. The lowest BCUT2D eigenvalue weighted by Crippen LogP contribution is -2.52. The fourth-order valence-electron chi connectivity index (χ4n) is 4.25. The molecule has 0 radical (unpaired) electrons. The summed E-state index contributed by atoms with van der Waals surface area (Å²) in [6.45, 7) is 0.392. The van der Waals surface area contributed by atoms with Crippen LogP contribution in [0.15, 0.2) is 36.4 Å². The van der Waals surface area contributed by atoms with E-state index in [1.165, 1.54) is 4.31 Å². The van der Waals surface area contributed by atoms with E-state index in [9.17, 15) is 18.0 Å². The zero-order valence-electron chi connectivity index (χ0n) is 17.6. The highest BCUT2D eigenvalue weighted by Gasteiger charge is 2.35. The third-order valence-electron chi connectivity index (χ3n) is 5.87. The fourth-order valence-corrected chi connectivity index (χ4v) is 5.01. The Bertz CT molecular complexity index is 1140. The number of methoxy groups -OCH3 is 2. The molecule has 31 heavy (non-hydrogen) atoms. The number of carbonyl (C=O) groups is 2. The van der Waals surface area contributed by atoms with Gasteiger partial charge in [0, 0.05) is 48.3 Å². The van der Waals surface area contributed by atoms with Gasteiger partial charge in [-0.25, -0.2) is 8.42 Å². The van der Waals surface area contributed by atoms with E-state index in [-0.39, 0.29) is 30.7 Å². The van der Waals surface area contributed by atoms with Crippen molar-refractivity contribution in [3.63, 3.8) is 0 Å². The van der Waals surface area contributed by atoms with Crippen LogP contribution in [0.5, 0.6) is 11.5 Å². The monoisotopic (exact) mass is 444 g/mol. The second-order valence-corrected chi connectivity index (χ2v) is 9.69. The first kappa shape index (κ1) is 21.3. The van der Waals surface area contributed by atoms with Crippen molar-refractivity contribution >= 4 is 27.4 Å². The number of ketones is 1. The highest BCUT2D eigenvalue weighted by atomic mass is 32.2. The molecule has 1 saturated heterocycles. The van der Waals surface area contributed by atoms with Crippen molar-refractivity contribution in [3.8, 4) is 11.5 Å². The molecule has 1 unspecified atom stereocenters. The van der Waals surface area contributed by atoms with Gasteiger partial charge in [0.15, 0.2) is 5.78 Å². The number of benzene rings is 2. The van der Waals surface area contributed by atoms with Crippen molar-refractivity contribution in [2.75, 3.05) is 45.0 Å². The van der Waals surface area contributed by atoms with Gasteiger partial charge in [-0.15, -0.1) is 0 Å². The molecule has 164 valence electrons. The minimum atomic E-state index is -3.39. The summed E-state index contributed by atoms with van der Waals surface area (Å²) in [4.78, 5) is 26.7. The molecule has 1 amide bonds. The molecule has 1 atom stereocenters. The maximum atomic E-state index is 12.6. The Morgan fingerprint density at radius 2 is 1.71 bits per heavy atom. The van der Waals surface area contributed by atoms with Crippen molar-refractivity contribution < 1.29 is 27.5 Å². The van der Waals surface area contributed by atoms with Gasteiger partial charge in [0.25, 0.3) is 0 Å². The van der Waals surface area contributed by atoms with Crippen LogP contribution in [0, 0.1) is 0 Å². The summed E-state index contributed by atoms with van der Waals surface area (Å²) < 4.78 is 35.4. The summed E-state index contributed by atoms with van der Waals surface area (Å²) in [6.07, 6.45) is 1.44. The number of piperazine rings is 1. The lowest BCUT2D eigenvalue weighted by molar-refractivity contribution is -0.119. The molecule has 2 aromatic carbocycles. The van der Waals surface area contributed by atoms with Crippen LogP contribution < -0.4 is 14.4 Å². The molecule has 1 fully saturated rings. The molecule has 0 spiro atoms. The number of nitrogens with zero attached hydrogens (tertiary/aromatic N) is 2. The number of ether oxygens (including phenoxy) is 2. The maximum Gasteiger partial charge on any atom is 0.242 e. The molecule has 1 heterocycles. The molecule has 0 N–H and O–H groups in total. The van der Waals surface area contributed by atoms with Crippen LogP contribution >= 0.6 is 0 Å². The van der Waals surface area contributed by atoms with E-state index in [1.807, 2.05) is 24.3 Å². The van der Waals surface area contributed by atoms with Gasteiger partial charge in [0.2, 0.25) is 15.9 Å². The minimum Gasteiger partial charge on any atom is -0.497 e. The summed E-state index contributed by atoms with van der Waals surface area (Å²) in [6, 6.07) is 11.0. The predicted octanol–water partition coefficient (Wildman–Crippen LogP) is 2.03. The Morgan fingerprint density at radius 1 is 1.00 bits per heavy atom. The zero-order chi connectivity index (χ0) is 22.3. The number of rotatable bonds is 5. The highest BCUT2D eigenvalue weighted by molar-refractivity contribution is 7.88. The Hall–Kier alpha value is -2.91. The average molecular weight is 445 g/mol. The van der Waals surface area contributed by atoms with Crippen molar-refractivity contribution in [1.29, 1.82) is 0 Å². The first-order chi connectivity index (χ1) is 14.7. The Kier molecular flexibility index (Phi) is 5.49. The second-order valence-electron chi connectivity index (χ2n) is 7.70. The average Bonchev–Trinajstić information content (AvgIpc) is 3.09. The first-order valence-electron chi connectivity index (χ1n) is 9.87. The van der Waals surface area contributed by atoms with Crippen LogP contribution in [-0.2, 0) is 14.8 Å². The highest BCUT2D eigenvalue weighted by Crippen LogP contribution is 2.45. The van der Waals surface area contributed by atoms with Gasteiger partial charge in [-0.2, -0.15) is 4.31 Å². The van der Waals surface area contributed by atoms with Crippen molar-refractivity contribution in [2.45, 2.75) is 12.3 Å². The maximum absolute atomic E-state index is 12.6. The lowest BCUT2D eigenvalue weighted by atomic mass is 9.92. The van der Waals surface area contributed by atoms with Crippen LogP contribution in [0.25, 0.3) is 0 Å². The molecule has 0 aromatic heterocycles. The van der Waals surface area contributed by atoms with Gasteiger partial charge >= 0.3 is 0 Å². The molecular formula is C22H24N2O6S.